The highest BCUT2D eigenvalue weighted by molar-refractivity contribution is 9.10. The number of hydrogen-bond acceptors (Lipinski definition) is 2. The molecule has 1 nitrogen and oxygen atoms in total. The second-order valence-corrected chi connectivity index (χ2v) is 7.17. The van der Waals surface area contributed by atoms with Gasteiger partial charge in [-0.1, -0.05) is 46.3 Å². The zero-order valence-electron chi connectivity index (χ0n) is 11.6. The Morgan fingerprint density at radius 2 is 1.76 bits per heavy atom. The first-order valence-corrected chi connectivity index (χ1v) is 8.74. The predicted molar refractivity (Wildman–Crippen MR) is 94.0 cm³/mol. The third-order valence-corrected chi connectivity index (χ3v) is 5.31. The second kappa shape index (κ2) is 6.73. The molecule has 0 spiro atoms. The van der Waals surface area contributed by atoms with Gasteiger partial charge in [0.15, 0.2) is 0 Å². The van der Waals surface area contributed by atoms with Gasteiger partial charge in [0, 0.05) is 15.8 Å². The molecule has 0 aliphatic rings. The van der Waals surface area contributed by atoms with E-state index in [4.69, 9.17) is 0 Å². The monoisotopic (exact) mass is 360 g/mol. The normalized spacial score (nSPS) is 12.7. The van der Waals surface area contributed by atoms with Crippen molar-refractivity contribution in [3.63, 3.8) is 0 Å². The number of aliphatic hydroxyl groups is 1. The van der Waals surface area contributed by atoms with Crippen molar-refractivity contribution in [2.45, 2.75) is 12.8 Å². The maximum absolute atomic E-state index is 9.71. The third kappa shape index (κ3) is 3.54. The first kappa shape index (κ1) is 14.8. The number of benzene rings is 2. The second-order valence-electron chi connectivity index (χ2n) is 5.34. The Labute approximate surface area is 137 Å². The maximum atomic E-state index is 9.71. The molecule has 0 saturated carbocycles. The van der Waals surface area contributed by atoms with Gasteiger partial charge in [0.1, 0.15) is 0 Å². The van der Waals surface area contributed by atoms with E-state index in [1.807, 2.05) is 0 Å². The van der Waals surface area contributed by atoms with Gasteiger partial charge in [-0.3, -0.25) is 0 Å². The Hall–Kier alpha value is -1.16. The zero-order chi connectivity index (χ0) is 14.7. The van der Waals surface area contributed by atoms with Crippen LogP contribution in [0.25, 0.3) is 10.1 Å². The van der Waals surface area contributed by atoms with Gasteiger partial charge in [0.2, 0.25) is 0 Å². The lowest BCUT2D eigenvalue weighted by molar-refractivity contribution is 0.225. The molecule has 108 valence electrons. The molecule has 1 heterocycles. The van der Waals surface area contributed by atoms with Crippen molar-refractivity contribution in [3.05, 3.63) is 69.5 Å². The van der Waals surface area contributed by atoms with Gasteiger partial charge in [0.25, 0.3) is 0 Å². The number of hydrogen-bond donors (Lipinski definition) is 1. The summed E-state index contributed by atoms with van der Waals surface area (Å²) in [5, 5.41) is 13.3. The van der Waals surface area contributed by atoms with Crippen LogP contribution in [0, 0.1) is 5.92 Å². The van der Waals surface area contributed by atoms with Crippen LogP contribution in [0.3, 0.4) is 0 Å². The number of thiophene rings is 1. The van der Waals surface area contributed by atoms with E-state index >= 15 is 0 Å². The average molecular weight is 361 g/mol. The van der Waals surface area contributed by atoms with Gasteiger partial charge in [-0.2, -0.15) is 0 Å². The lowest BCUT2D eigenvalue weighted by Crippen LogP contribution is -2.12. The summed E-state index contributed by atoms with van der Waals surface area (Å²) in [7, 11) is 0. The predicted octanol–water partition coefficient (Wildman–Crippen LogP) is 5.06. The van der Waals surface area contributed by atoms with E-state index in [1.54, 1.807) is 11.3 Å². The summed E-state index contributed by atoms with van der Waals surface area (Å²) in [4.78, 5) is 0. The number of aliphatic hydroxyl groups excluding tert-OH is 1. The fraction of sp³-hybridized carbons (Fsp3) is 0.222. The van der Waals surface area contributed by atoms with Gasteiger partial charge >= 0.3 is 0 Å². The smallest absolute Gasteiger partial charge is 0.0465 e. The van der Waals surface area contributed by atoms with Crippen LogP contribution in [0.15, 0.2) is 58.4 Å². The minimum absolute atomic E-state index is 0.222. The van der Waals surface area contributed by atoms with Crippen LogP contribution in [-0.4, -0.2) is 11.7 Å². The number of rotatable bonds is 5. The molecule has 3 rings (SSSR count). The maximum Gasteiger partial charge on any atom is 0.0465 e. The topological polar surface area (TPSA) is 20.2 Å². The van der Waals surface area contributed by atoms with Crippen LogP contribution < -0.4 is 0 Å². The average Bonchev–Trinajstić information content (AvgIpc) is 2.92. The van der Waals surface area contributed by atoms with Crippen LogP contribution in [-0.2, 0) is 12.8 Å². The Balaban J connectivity index is 1.76. The van der Waals surface area contributed by atoms with Gasteiger partial charge in [0.05, 0.1) is 0 Å². The molecule has 3 aromatic rings. The van der Waals surface area contributed by atoms with E-state index in [2.05, 4.69) is 69.8 Å². The summed E-state index contributed by atoms with van der Waals surface area (Å²) in [6.45, 7) is 0.222. The molecule has 0 aliphatic carbocycles. The summed E-state index contributed by atoms with van der Waals surface area (Å²) in [5.74, 6) is 0.268. The summed E-state index contributed by atoms with van der Waals surface area (Å²) in [6.07, 6.45) is 1.84. The first-order chi connectivity index (χ1) is 10.3. The molecule has 2 aromatic carbocycles. The molecular weight excluding hydrogens is 344 g/mol. The Bertz CT molecular complexity index is 717. The van der Waals surface area contributed by atoms with Crippen molar-refractivity contribution >= 4 is 37.4 Å². The highest BCUT2D eigenvalue weighted by atomic mass is 79.9. The third-order valence-electron chi connectivity index (χ3n) is 3.77. The molecule has 0 radical (unpaired) electrons. The Kier molecular flexibility index (Phi) is 4.73. The first-order valence-electron chi connectivity index (χ1n) is 7.06. The molecule has 0 bridgehead atoms. The minimum Gasteiger partial charge on any atom is -0.396 e. The van der Waals surface area contributed by atoms with Crippen LogP contribution in [0.1, 0.15) is 11.1 Å². The quantitative estimate of drug-likeness (QED) is 0.674. The minimum atomic E-state index is 0.222. The lowest BCUT2D eigenvalue weighted by atomic mass is 9.93. The van der Waals surface area contributed by atoms with E-state index in [0.717, 1.165) is 17.3 Å². The van der Waals surface area contributed by atoms with Crippen LogP contribution in [0.4, 0.5) is 0 Å². The number of halogens is 1. The van der Waals surface area contributed by atoms with Gasteiger partial charge < -0.3 is 5.11 Å². The highest BCUT2D eigenvalue weighted by Crippen LogP contribution is 2.28. The van der Waals surface area contributed by atoms with Gasteiger partial charge in [-0.15, -0.1) is 11.3 Å². The molecular formula is C18H17BrOS. The van der Waals surface area contributed by atoms with Crippen molar-refractivity contribution in [3.8, 4) is 0 Å². The van der Waals surface area contributed by atoms with Gasteiger partial charge in [-0.05, 0) is 58.9 Å². The summed E-state index contributed by atoms with van der Waals surface area (Å²) < 4.78 is 2.42. The Morgan fingerprint density at radius 3 is 2.52 bits per heavy atom. The number of fused-ring (bicyclic) bond motifs is 1. The van der Waals surface area contributed by atoms with E-state index < -0.39 is 0 Å². The zero-order valence-corrected chi connectivity index (χ0v) is 14.0. The summed E-state index contributed by atoms with van der Waals surface area (Å²) >= 11 is 5.24. The van der Waals surface area contributed by atoms with Crippen LogP contribution in [0.5, 0.6) is 0 Å². The standard InChI is InChI=1S/C18H17BrOS/c19-16-7-5-13(6-8-16)9-14(11-20)10-15-12-21-18-4-2-1-3-17(15)18/h1-8,12,14,20H,9-11H2. The van der Waals surface area contributed by atoms with Crippen LogP contribution in [0.2, 0.25) is 0 Å². The molecule has 1 aromatic heterocycles. The lowest BCUT2D eigenvalue weighted by Gasteiger charge is -2.14. The molecule has 21 heavy (non-hydrogen) atoms. The largest absolute Gasteiger partial charge is 0.396 e. The molecule has 1 N–H and O–H groups in total. The fourth-order valence-corrected chi connectivity index (χ4v) is 3.90. The molecule has 0 aliphatic heterocycles. The summed E-state index contributed by atoms with van der Waals surface area (Å²) in [5.41, 5.74) is 2.63. The highest BCUT2D eigenvalue weighted by Gasteiger charge is 2.13. The molecule has 1 unspecified atom stereocenters. The van der Waals surface area contributed by atoms with Crippen molar-refractivity contribution in [2.75, 3.05) is 6.61 Å². The fourth-order valence-electron chi connectivity index (χ4n) is 2.66. The van der Waals surface area contributed by atoms with Crippen LogP contribution >= 0.6 is 27.3 Å². The molecule has 3 heteroatoms. The molecule has 1 atom stereocenters. The molecule has 0 amide bonds. The SMILES string of the molecule is OCC(Cc1ccc(Br)cc1)Cc1csc2ccccc12. The summed E-state index contributed by atoms with van der Waals surface area (Å²) in [6, 6.07) is 16.9. The Morgan fingerprint density at radius 1 is 1.00 bits per heavy atom. The van der Waals surface area contributed by atoms with E-state index in [-0.39, 0.29) is 12.5 Å². The van der Waals surface area contributed by atoms with Crippen molar-refractivity contribution in [1.82, 2.24) is 0 Å². The van der Waals surface area contributed by atoms with Crippen molar-refractivity contribution < 1.29 is 5.11 Å². The van der Waals surface area contributed by atoms with Crippen molar-refractivity contribution in [1.29, 1.82) is 0 Å². The van der Waals surface area contributed by atoms with E-state index in [0.29, 0.717) is 0 Å². The van der Waals surface area contributed by atoms with E-state index in [1.165, 1.54) is 21.2 Å². The van der Waals surface area contributed by atoms with Crippen molar-refractivity contribution in [2.24, 2.45) is 5.92 Å². The molecule has 0 saturated heterocycles. The van der Waals surface area contributed by atoms with Gasteiger partial charge in [-0.25, -0.2) is 0 Å². The van der Waals surface area contributed by atoms with E-state index in [9.17, 15) is 5.11 Å². The molecule has 0 fully saturated rings.